The number of carbonyl (C=O) groups excluding carboxylic acids is 10. The summed E-state index contributed by atoms with van der Waals surface area (Å²) in [4.78, 5) is 153. The molecule has 28 nitrogen and oxygen atoms in total. The Bertz CT molecular complexity index is 2210. The number of likely N-dealkylation sites (tertiary alicyclic amines) is 2. The minimum Gasteiger partial charge on any atom is -0.480 e. The van der Waals surface area contributed by atoms with Crippen molar-refractivity contribution in [2.75, 3.05) is 32.8 Å². The van der Waals surface area contributed by atoms with Crippen LogP contribution in [0.1, 0.15) is 183 Å². The summed E-state index contributed by atoms with van der Waals surface area (Å²) in [6.07, 6.45) is 13.6. The molecule has 2 aliphatic heterocycles. The summed E-state index contributed by atoms with van der Waals surface area (Å²) in [5.41, 5.74) is 11.0. The van der Waals surface area contributed by atoms with E-state index in [9.17, 15) is 73.2 Å². The zero-order valence-corrected chi connectivity index (χ0v) is 51.1. The molecule has 28 heteroatoms. The van der Waals surface area contributed by atoms with E-state index in [0.717, 1.165) is 26.2 Å². The summed E-state index contributed by atoms with van der Waals surface area (Å²) in [5.74, 6) is -9.51. The molecule has 0 aromatic heterocycles. The first-order valence-electron chi connectivity index (χ1n) is 30.5. The van der Waals surface area contributed by atoms with Gasteiger partial charge >= 0.3 is 5.97 Å². The Morgan fingerprint density at radius 1 is 0.541 bits per heavy atom. The van der Waals surface area contributed by atoms with Crippen molar-refractivity contribution in [3.8, 4) is 0 Å². The Labute approximate surface area is 500 Å². The molecule has 2 heterocycles. The van der Waals surface area contributed by atoms with Crippen LogP contribution in [0, 0.1) is 5.92 Å². The second-order valence-corrected chi connectivity index (χ2v) is 22.9. The summed E-state index contributed by atoms with van der Waals surface area (Å²) in [7, 11) is 0. The van der Waals surface area contributed by atoms with Crippen LogP contribution in [0.2, 0.25) is 0 Å². The van der Waals surface area contributed by atoms with Crippen molar-refractivity contribution in [1.29, 1.82) is 0 Å². The number of nitrogens with one attached hydrogen (secondary N) is 8. The first kappa shape index (κ1) is 74.4. The van der Waals surface area contributed by atoms with Crippen molar-refractivity contribution in [2.24, 2.45) is 22.4 Å². The van der Waals surface area contributed by atoms with Gasteiger partial charge in [0, 0.05) is 26.1 Å². The van der Waals surface area contributed by atoms with Crippen LogP contribution < -0.4 is 54.0 Å². The standard InChI is InChI=1S/C57H101N13O15/c1-8-9-10-11-12-13-14-15-16-17-18-19-20-27-44(74)62-35(4)48(76)67-46(37(6)72)53(81)61-32-45(75)63-36(5)54(82)69-29-22-25-42(69)51(79)64-39(24-21-28-60-57(58)59)49(77)65-40(31-34(2)3)55(83)70-30-23-26-43(70)52(80)66-41(33-71)50(78)68-47(38(7)73)56(84)85/h34-43,46-47,71-73H,8-33H2,1-7H3,(H,61,81)(H,62,74)(H,63,75)(H,64,79)(H,65,77)(H,66,80)(H,67,76)(H,68,78)(H,84,85)(H4,58,59,60)/t35-,36-,37+,38+,39-,40-,41-,42-,43-,46-,47-/m0/s1. The molecule has 0 bridgehead atoms. The Hall–Kier alpha value is -6.68. The van der Waals surface area contributed by atoms with Crippen LogP contribution in [0.5, 0.6) is 0 Å². The van der Waals surface area contributed by atoms with Crippen molar-refractivity contribution in [1.82, 2.24) is 52.3 Å². The molecule has 0 aromatic carbocycles. The molecule has 0 aliphatic carbocycles. The summed E-state index contributed by atoms with van der Waals surface area (Å²) in [6.45, 7) is 9.64. The monoisotopic (exact) mass is 1210 g/mol. The van der Waals surface area contributed by atoms with Gasteiger partial charge in [0.2, 0.25) is 59.1 Å². The number of aliphatic carboxylic acids is 1. The summed E-state index contributed by atoms with van der Waals surface area (Å²) in [6, 6.07) is -12.0. The van der Waals surface area contributed by atoms with Gasteiger partial charge in [-0.3, -0.25) is 52.9 Å². The Morgan fingerprint density at radius 2 is 1.02 bits per heavy atom. The lowest BCUT2D eigenvalue weighted by Crippen LogP contribution is -2.60. The molecule has 11 atom stereocenters. The number of aliphatic imine (C=N–C) groups is 1. The predicted molar refractivity (Wildman–Crippen MR) is 315 cm³/mol. The van der Waals surface area contributed by atoms with E-state index in [4.69, 9.17) is 11.5 Å². The second-order valence-electron chi connectivity index (χ2n) is 22.9. The van der Waals surface area contributed by atoms with Gasteiger partial charge in [-0.1, -0.05) is 97.8 Å². The topological polar surface area (TPSA) is 436 Å². The van der Waals surface area contributed by atoms with Crippen LogP contribution in [-0.2, 0) is 52.7 Å². The van der Waals surface area contributed by atoms with Gasteiger partial charge in [-0.15, -0.1) is 0 Å². The number of rotatable bonds is 41. The number of aliphatic hydroxyl groups excluding tert-OH is 3. The highest BCUT2D eigenvalue weighted by molar-refractivity contribution is 5.98. The highest BCUT2D eigenvalue weighted by Crippen LogP contribution is 2.23. The molecular weight excluding hydrogens is 1110 g/mol. The van der Waals surface area contributed by atoms with Crippen molar-refractivity contribution in [2.45, 2.75) is 250 Å². The molecule has 2 saturated heterocycles. The van der Waals surface area contributed by atoms with E-state index in [-0.39, 0.29) is 75.9 Å². The van der Waals surface area contributed by atoms with Crippen LogP contribution >= 0.6 is 0 Å². The van der Waals surface area contributed by atoms with Crippen LogP contribution in [0.15, 0.2) is 4.99 Å². The number of guanidine groups is 1. The van der Waals surface area contributed by atoms with Crippen molar-refractivity contribution in [3.63, 3.8) is 0 Å². The smallest absolute Gasteiger partial charge is 0.328 e. The van der Waals surface area contributed by atoms with E-state index in [2.05, 4.69) is 54.5 Å². The Kier molecular flexibility index (Phi) is 34.9. The molecule has 0 spiro atoms. The third-order valence-corrected chi connectivity index (χ3v) is 15.0. The number of amides is 10. The number of nitrogens with zero attached hydrogens (tertiary/aromatic N) is 3. The first-order chi connectivity index (χ1) is 40.2. The molecule has 0 unspecified atom stereocenters. The molecule has 10 amide bonds. The number of hydrogen-bond donors (Lipinski definition) is 14. The quantitative estimate of drug-likeness (QED) is 0.0197. The second kappa shape index (κ2) is 39.8. The zero-order valence-electron chi connectivity index (χ0n) is 51.1. The van der Waals surface area contributed by atoms with E-state index in [1.54, 1.807) is 13.8 Å². The van der Waals surface area contributed by atoms with E-state index in [0.29, 0.717) is 19.3 Å². The minimum absolute atomic E-state index is 0.0400. The fourth-order valence-corrected chi connectivity index (χ4v) is 10.2. The van der Waals surface area contributed by atoms with Gasteiger partial charge < -0.3 is 84.2 Å². The fraction of sp³-hybridized carbons (Fsp3) is 0.789. The lowest BCUT2D eigenvalue weighted by atomic mass is 10.0. The zero-order chi connectivity index (χ0) is 63.8. The van der Waals surface area contributed by atoms with E-state index in [1.807, 2.05) is 0 Å². The number of aliphatic hydroxyl groups is 3. The highest BCUT2D eigenvalue weighted by atomic mass is 16.4. The maximum absolute atomic E-state index is 14.3. The number of unbranched alkanes of at least 4 members (excludes halogenated alkanes) is 12. The van der Waals surface area contributed by atoms with Crippen molar-refractivity contribution in [3.05, 3.63) is 0 Å². The van der Waals surface area contributed by atoms with Crippen LogP contribution in [0.3, 0.4) is 0 Å². The molecule has 484 valence electrons. The first-order valence-corrected chi connectivity index (χ1v) is 30.5. The van der Waals surface area contributed by atoms with Gasteiger partial charge in [0.25, 0.3) is 0 Å². The van der Waals surface area contributed by atoms with Gasteiger partial charge in [-0.05, 0) is 85.0 Å². The summed E-state index contributed by atoms with van der Waals surface area (Å²) < 4.78 is 0. The summed E-state index contributed by atoms with van der Waals surface area (Å²) in [5, 5.41) is 59.3. The number of carboxylic acid groups (broad SMARTS) is 1. The van der Waals surface area contributed by atoms with E-state index >= 15 is 0 Å². The average Bonchev–Trinajstić information content (AvgIpc) is 4.12. The average molecular weight is 1210 g/mol. The predicted octanol–water partition coefficient (Wildman–Crippen LogP) is -1.06. The molecule has 0 saturated carbocycles. The van der Waals surface area contributed by atoms with Crippen LogP contribution in [-0.4, -0.2) is 201 Å². The van der Waals surface area contributed by atoms with E-state index in [1.165, 1.54) is 88.4 Å². The molecule has 16 N–H and O–H groups in total. The van der Waals surface area contributed by atoms with Gasteiger partial charge in [0.15, 0.2) is 12.0 Å². The molecule has 2 aliphatic rings. The normalized spacial score (nSPS) is 18.0. The molecule has 85 heavy (non-hydrogen) atoms. The number of nitrogens with two attached hydrogens (primary N) is 2. The van der Waals surface area contributed by atoms with Gasteiger partial charge in [0.05, 0.1) is 25.4 Å². The molecule has 0 aromatic rings. The number of hydrogen-bond acceptors (Lipinski definition) is 15. The van der Waals surface area contributed by atoms with Gasteiger partial charge in [0.1, 0.15) is 48.3 Å². The van der Waals surface area contributed by atoms with Crippen molar-refractivity contribution >= 4 is 71.0 Å². The Morgan fingerprint density at radius 3 is 1.52 bits per heavy atom. The van der Waals surface area contributed by atoms with Gasteiger partial charge in [-0.2, -0.15) is 0 Å². The maximum atomic E-state index is 14.3. The van der Waals surface area contributed by atoms with E-state index < -0.39 is 139 Å². The largest absolute Gasteiger partial charge is 0.480 e. The Balaban J connectivity index is 2.04. The third-order valence-electron chi connectivity index (χ3n) is 15.0. The lowest BCUT2D eigenvalue weighted by Gasteiger charge is -2.32. The third kappa shape index (κ3) is 27.5. The molecule has 2 rings (SSSR count). The molecule has 0 radical (unpaired) electrons. The molecular formula is C57H101N13O15. The SMILES string of the molecule is CCCCCCCCCCCCCCCC(=O)N[C@@H](C)C(=O)N[C@H](C(=O)NCC(=O)N[C@@H](C)C(=O)N1CCC[C@H]1C(=O)N[C@@H](CCCN=C(N)N)C(=O)N[C@@H](CC(C)C)C(=O)N1CCC[C@H]1C(=O)N[C@@H](CO)C(=O)N[C@H](C(=O)O)[C@@H](C)O)[C@@H](C)O. The van der Waals surface area contributed by atoms with Crippen molar-refractivity contribution < 1.29 is 73.2 Å². The highest BCUT2D eigenvalue weighted by Gasteiger charge is 2.42. The summed E-state index contributed by atoms with van der Waals surface area (Å²) >= 11 is 0. The fourth-order valence-electron chi connectivity index (χ4n) is 10.2. The molecule has 2 fully saturated rings. The number of carbonyl (C=O) groups is 11. The minimum atomic E-state index is -1.74. The maximum Gasteiger partial charge on any atom is 0.328 e. The van der Waals surface area contributed by atoms with Crippen LogP contribution in [0.4, 0.5) is 0 Å². The lowest BCUT2D eigenvalue weighted by molar-refractivity contribution is -0.146. The number of carboxylic acids is 1. The van der Waals surface area contributed by atoms with Gasteiger partial charge in [-0.25, -0.2) is 4.79 Å². The van der Waals surface area contributed by atoms with Crippen LogP contribution in [0.25, 0.3) is 0 Å².